The molecule has 2 aromatic carbocycles. The van der Waals surface area contributed by atoms with E-state index >= 15 is 0 Å². The molecule has 130 valence electrons. The van der Waals surface area contributed by atoms with Crippen molar-refractivity contribution in [2.75, 3.05) is 17.2 Å². The fraction of sp³-hybridized carbons (Fsp3) is 0.111. The number of benzene rings is 2. The molecule has 0 unspecified atom stereocenters. The molecular formula is C18H17Cl2N3O2. The number of anilines is 2. The van der Waals surface area contributed by atoms with Crippen molar-refractivity contribution in [1.29, 1.82) is 0 Å². The minimum Gasteiger partial charge on any atom is -0.338 e. The Balaban J connectivity index is 2.01. The number of amides is 3. The maximum absolute atomic E-state index is 12.0. The summed E-state index contributed by atoms with van der Waals surface area (Å²) in [6, 6.07) is 11.5. The summed E-state index contributed by atoms with van der Waals surface area (Å²) < 4.78 is 0. The molecule has 7 heteroatoms. The van der Waals surface area contributed by atoms with Crippen LogP contribution in [0.1, 0.15) is 12.5 Å². The van der Waals surface area contributed by atoms with Gasteiger partial charge in [0.15, 0.2) is 0 Å². The molecule has 25 heavy (non-hydrogen) atoms. The van der Waals surface area contributed by atoms with Gasteiger partial charge in [0.25, 0.3) is 0 Å². The molecule has 0 fully saturated rings. The molecule has 2 rings (SSSR count). The van der Waals surface area contributed by atoms with Gasteiger partial charge >= 0.3 is 6.03 Å². The van der Waals surface area contributed by atoms with E-state index in [2.05, 4.69) is 16.0 Å². The number of carbonyl (C=O) groups excluding carboxylic acids is 2. The first kappa shape index (κ1) is 18.8. The Kier molecular flexibility index (Phi) is 6.86. The molecule has 2 aromatic rings. The minimum atomic E-state index is -0.328. The van der Waals surface area contributed by atoms with Crippen LogP contribution < -0.4 is 16.0 Å². The second-order valence-electron chi connectivity index (χ2n) is 5.05. The van der Waals surface area contributed by atoms with Crippen LogP contribution in [0.5, 0.6) is 0 Å². The third kappa shape index (κ3) is 6.14. The van der Waals surface area contributed by atoms with Crippen molar-refractivity contribution in [2.24, 2.45) is 0 Å². The Morgan fingerprint density at radius 2 is 1.76 bits per heavy atom. The van der Waals surface area contributed by atoms with Gasteiger partial charge in [-0.3, -0.25) is 4.79 Å². The Hall–Kier alpha value is -2.50. The van der Waals surface area contributed by atoms with Crippen LogP contribution in [0.2, 0.25) is 10.0 Å². The number of carbonyl (C=O) groups is 2. The van der Waals surface area contributed by atoms with Crippen LogP contribution in [0.15, 0.2) is 48.5 Å². The number of rotatable bonds is 5. The molecule has 3 N–H and O–H groups in total. The molecule has 0 spiro atoms. The van der Waals surface area contributed by atoms with E-state index < -0.39 is 0 Å². The average Bonchev–Trinajstić information content (AvgIpc) is 2.56. The highest BCUT2D eigenvalue weighted by atomic mass is 35.5. The fourth-order valence-electron chi connectivity index (χ4n) is 2.00. The van der Waals surface area contributed by atoms with Crippen molar-refractivity contribution in [2.45, 2.75) is 6.92 Å². The highest BCUT2D eigenvalue weighted by Gasteiger charge is 2.03. The van der Waals surface area contributed by atoms with E-state index in [1.54, 1.807) is 48.5 Å². The standard InChI is InChI=1S/C18H17Cl2N3O2/c1-2-21-18(25)23-15-5-3-4-14(11-15)22-17(24)9-6-12-10-13(19)7-8-16(12)20/h3-11H,2H2,1H3,(H,22,24)(H2,21,23,25)/b9-6+. The molecule has 0 aromatic heterocycles. The maximum atomic E-state index is 12.0. The first-order valence-corrected chi connectivity index (χ1v) is 8.32. The summed E-state index contributed by atoms with van der Waals surface area (Å²) >= 11 is 12.0. The average molecular weight is 378 g/mol. The highest BCUT2D eigenvalue weighted by molar-refractivity contribution is 6.34. The van der Waals surface area contributed by atoms with E-state index in [0.717, 1.165) is 0 Å². The number of hydrogen-bond donors (Lipinski definition) is 3. The predicted molar refractivity (Wildman–Crippen MR) is 103 cm³/mol. The number of hydrogen-bond acceptors (Lipinski definition) is 2. The lowest BCUT2D eigenvalue weighted by atomic mass is 10.2. The summed E-state index contributed by atoms with van der Waals surface area (Å²) in [4.78, 5) is 23.6. The van der Waals surface area contributed by atoms with Gasteiger partial charge < -0.3 is 16.0 Å². The Labute approximate surface area is 156 Å². The monoisotopic (exact) mass is 377 g/mol. The lowest BCUT2D eigenvalue weighted by molar-refractivity contribution is -0.111. The van der Waals surface area contributed by atoms with Crippen LogP contribution >= 0.6 is 23.2 Å². The van der Waals surface area contributed by atoms with Gasteiger partial charge in [0.05, 0.1) is 0 Å². The molecule has 0 heterocycles. The predicted octanol–water partition coefficient (Wildman–Crippen LogP) is 4.79. The zero-order valence-corrected chi connectivity index (χ0v) is 15.0. The SMILES string of the molecule is CCNC(=O)Nc1cccc(NC(=O)/C=C/c2cc(Cl)ccc2Cl)c1. The Bertz CT molecular complexity index is 807. The zero-order valence-electron chi connectivity index (χ0n) is 13.5. The third-order valence-electron chi connectivity index (χ3n) is 3.10. The molecule has 0 aliphatic carbocycles. The summed E-state index contributed by atoms with van der Waals surface area (Å²) in [5, 5.41) is 9.06. The van der Waals surface area contributed by atoms with Crippen LogP contribution in [0.25, 0.3) is 6.08 Å². The van der Waals surface area contributed by atoms with Crippen molar-refractivity contribution in [1.82, 2.24) is 5.32 Å². The molecule has 5 nitrogen and oxygen atoms in total. The molecule has 3 amide bonds. The topological polar surface area (TPSA) is 70.2 Å². The van der Waals surface area contributed by atoms with Crippen LogP contribution in [0, 0.1) is 0 Å². The van der Waals surface area contributed by atoms with Crippen molar-refractivity contribution >= 4 is 52.6 Å². The largest absolute Gasteiger partial charge is 0.338 e. The van der Waals surface area contributed by atoms with Crippen LogP contribution in [0.4, 0.5) is 16.2 Å². The van der Waals surface area contributed by atoms with E-state index in [4.69, 9.17) is 23.2 Å². The Morgan fingerprint density at radius 1 is 1.04 bits per heavy atom. The first-order chi connectivity index (χ1) is 12.0. The third-order valence-corrected chi connectivity index (χ3v) is 3.68. The molecule has 0 atom stereocenters. The summed E-state index contributed by atoms with van der Waals surface area (Å²) in [7, 11) is 0. The van der Waals surface area contributed by atoms with Crippen molar-refractivity contribution in [3.63, 3.8) is 0 Å². The normalized spacial score (nSPS) is 10.5. The molecule has 0 bridgehead atoms. The van der Waals surface area contributed by atoms with E-state index in [1.807, 2.05) is 6.92 Å². The quantitative estimate of drug-likeness (QED) is 0.655. The fourth-order valence-corrected chi connectivity index (χ4v) is 2.36. The van der Waals surface area contributed by atoms with E-state index in [1.165, 1.54) is 6.08 Å². The van der Waals surface area contributed by atoms with Gasteiger partial charge in [-0.2, -0.15) is 0 Å². The van der Waals surface area contributed by atoms with Gasteiger partial charge in [0.2, 0.25) is 5.91 Å². The molecule has 0 radical (unpaired) electrons. The molecule has 0 aliphatic heterocycles. The van der Waals surface area contributed by atoms with Crippen molar-refractivity contribution in [3.8, 4) is 0 Å². The molecular weight excluding hydrogens is 361 g/mol. The van der Waals surface area contributed by atoms with Gasteiger partial charge in [-0.25, -0.2) is 4.79 Å². The zero-order chi connectivity index (χ0) is 18.2. The maximum Gasteiger partial charge on any atom is 0.319 e. The number of nitrogens with one attached hydrogen (secondary N) is 3. The second kappa shape index (κ2) is 9.11. The second-order valence-corrected chi connectivity index (χ2v) is 5.90. The lowest BCUT2D eigenvalue weighted by Gasteiger charge is -2.08. The smallest absolute Gasteiger partial charge is 0.319 e. The lowest BCUT2D eigenvalue weighted by Crippen LogP contribution is -2.28. The van der Waals surface area contributed by atoms with Gasteiger partial charge in [0.1, 0.15) is 0 Å². The summed E-state index contributed by atoms with van der Waals surface area (Å²) in [5.74, 6) is -0.328. The minimum absolute atomic E-state index is 0.304. The van der Waals surface area contributed by atoms with Gasteiger partial charge in [-0.1, -0.05) is 29.3 Å². The van der Waals surface area contributed by atoms with E-state index in [9.17, 15) is 9.59 Å². The van der Waals surface area contributed by atoms with Gasteiger partial charge in [-0.05, 0) is 55.0 Å². The molecule has 0 saturated heterocycles. The van der Waals surface area contributed by atoms with Crippen molar-refractivity contribution < 1.29 is 9.59 Å². The Morgan fingerprint density at radius 3 is 2.48 bits per heavy atom. The van der Waals surface area contributed by atoms with Gasteiger partial charge in [0, 0.05) is 34.0 Å². The summed E-state index contributed by atoms with van der Waals surface area (Å²) in [5.41, 5.74) is 1.78. The van der Waals surface area contributed by atoms with E-state index in [-0.39, 0.29) is 11.9 Å². The van der Waals surface area contributed by atoms with E-state index in [0.29, 0.717) is 33.5 Å². The number of halogens is 2. The van der Waals surface area contributed by atoms with Gasteiger partial charge in [-0.15, -0.1) is 0 Å². The first-order valence-electron chi connectivity index (χ1n) is 7.57. The summed E-state index contributed by atoms with van der Waals surface area (Å²) in [6.07, 6.45) is 2.95. The molecule has 0 saturated carbocycles. The van der Waals surface area contributed by atoms with Crippen LogP contribution in [-0.2, 0) is 4.79 Å². The number of urea groups is 1. The molecule has 0 aliphatic rings. The van der Waals surface area contributed by atoms with Crippen molar-refractivity contribution in [3.05, 3.63) is 64.1 Å². The van der Waals surface area contributed by atoms with Crippen LogP contribution in [-0.4, -0.2) is 18.5 Å². The summed E-state index contributed by atoms with van der Waals surface area (Å²) in [6.45, 7) is 2.36. The van der Waals surface area contributed by atoms with Crippen LogP contribution in [0.3, 0.4) is 0 Å². The highest BCUT2D eigenvalue weighted by Crippen LogP contribution is 2.22.